The van der Waals surface area contributed by atoms with Crippen LogP contribution in [0.3, 0.4) is 0 Å². The van der Waals surface area contributed by atoms with Crippen LogP contribution in [0, 0.1) is 5.92 Å². The van der Waals surface area contributed by atoms with E-state index in [-0.39, 0.29) is 17.1 Å². The molecule has 0 amide bonds. The van der Waals surface area contributed by atoms with E-state index < -0.39 is 0 Å². The van der Waals surface area contributed by atoms with Crippen LogP contribution in [0.4, 0.5) is 0 Å². The van der Waals surface area contributed by atoms with Crippen LogP contribution in [0.2, 0.25) is 0 Å². The predicted molar refractivity (Wildman–Crippen MR) is 79.8 cm³/mol. The fourth-order valence-corrected chi connectivity index (χ4v) is 4.51. The molecular weight excluding hydrogens is 250 g/mol. The Morgan fingerprint density at radius 1 is 1.10 bits per heavy atom. The standard InChI is InChI=1S/C17H29NO2/c1-16(8-5-6-11-18-16)15(19)14-7-12-20-17(13-14)9-3-2-4-10-17/h14,18H,2-13H2,1H3. The van der Waals surface area contributed by atoms with Crippen molar-refractivity contribution in [2.24, 2.45) is 5.92 Å². The van der Waals surface area contributed by atoms with Crippen molar-refractivity contribution < 1.29 is 9.53 Å². The van der Waals surface area contributed by atoms with Gasteiger partial charge in [-0.1, -0.05) is 19.3 Å². The second kappa shape index (κ2) is 5.76. The molecule has 2 atom stereocenters. The molecular formula is C17H29NO2. The monoisotopic (exact) mass is 279 g/mol. The molecule has 1 spiro atoms. The third-order valence-electron chi connectivity index (χ3n) is 5.79. The third kappa shape index (κ3) is 2.80. The van der Waals surface area contributed by atoms with Crippen LogP contribution in [0.5, 0.6) is 0 Å². The third-order valence-corrected chi connectivity index (χ3v) is 5.79. The highest BCUT2D eigenvalue weighted by Gasteiger charge is 2.45. The minimum absolute atomic E-state index is 0.0435. The van der Waals surface area contributed by atoms with E-state index >= 15 is 0 Å². The Bertz CT molecular complexity index is 348. The molecule has 3 rings (SSSR count). The quantitative estimate of drug-likeness (QED) is 0.843. The average molecular weight is 279 g/mol. The number of piperidine rings is 1. The van der Waals surface area contributed by atoms with Crippen molar-refractivity contribution in [3.63, 3.8) is 0 Å². The van der Waals surface area contributed by atoms with Gasteiger partial charge in [-0.15, -0.1) is 0 Å². The molecule has 20 heavy (non-hydrogen) atoms. The summed E-state index contributed by atoms with van der Waals surface area (Å²) >= 11 is 0. The molecule has 3 aliphatic rings. The van der Waals surface area contributed by atoms with Crippen LogP contribution < -0.4 is 5.32 Å². The summed E-state index contributed by atoms with van der Waals surface area (Å²) in [6, 6.07) is 0. The number of rotatable bonds is 2. The Labute approximate surface area is 122 Å². The molecule has 0 aromatic rings. The van der Waals surface area contributed by atoms with Gasteiger partial charge in [0.25, 0.3) is 0 Å². The van der Waals surface area contributed by atoms with E-state index in [1.54, 1.807) is 0 Å². The molecule has 3 nitrogen and oxygen atoms in total. The van der Waals surface area contributed by atoms with E-state index in [4.69, 9.17) is 4.74 Å². The van der Waals surface area contributed by atoms with E-state index in [1.165, 1.54) is 44.9 Å². The molecule has 2 aliphatic heterocycles. The smallest absolute Gasteiger partial charge is 0.155 e. The van der Waals surface area contributed by atoms with Gasteiger partial charge in [-0.3, -0.25) is 4.79 Å². The largest absolute Gasteiger partial charge is 0.375 e. The van der Waals surface area contributed by atoms with E-state index in [0.717, 1.165) is 32.4 Å². The number of ether oxygens (including phenoxy) is 1. The highest BCUT2D eigenvalue weighted by atomic mass is 16.5. The van der Waals surface area contributed by atoms with E-state index in [1.807, 2.05) is 0 Å². The van der Waals surface area contributed by atoms with Gasteiger partial charge in [-0.05, 0) is 58.4 Å². The first-order valence-corrected chi connectivity index (χ1v) is 8.57. The molecule has 1 N–H and O–H groups in total. The number of hydrogen-bond donors (Lipinski definition) is 1. The Morgan fingerprint density at radius 2 is 1.85 bits per heavy atom. The molecule has 0 radical (unpaired) electrons. The molecule has 3 fully saturated rings. The molecule has 2 saturated heterocycles. The average Bonchev–Trinajstić information content (AvgIpc) is 2.48. The zero-order valence-electron chi connectivity index (χ0n) is 12.9. The highest BCUT2D eigenvalue weighted by molar-refractivity contribution is 5.90. The van der Waals surface area contributed by atoms with Crippen molar-refractivity contribution in [1.82, 2.24) is 5.32 Å². The maximum atomic E-state index is 13.0. The molecule has 2 heterocycles. The highest BCUT2D eigenvalue weighted by Crippen LogP contribution is 2.42. The fourth-order valence-electron chi connectivity index (χ4n) is 4.51. The van der Waals surface area contributed by atoms with E-state index in [2.05, 4.69) is 12.2 Å². The SMILES string of the molecule is CC1(C(=O)C2CCOC3(CCCCC3)C2)CCCCN1. The molecule has 0 bridgehead atoms. The van der Waals surface area contributed by atoms with Crippen LogP contribution in [-0.2, 0) is 9.53 Å². The van der Waals surface area contributed by atoms with Gasteiger partial charge in [0.15, 0.2) is 5.78 Å². The number of carbonyl (C=O) groups excluding carboxylic acids is 1. The van der Waals surface area contributed by atoms with Gasteiger partial charge in [-0.25, -0.2) is 0 Å². The number of nitrogens with one attached hydrogen (secondary N) is 1. The van der Waals surface area contributed by atoms with E-state index in [9.17, 15) is 4.79 Å². The normalized spacial score (nSPS) is 37.8. The number of carbonyl (C=O) groups is 1. The zero-order valence-corrected chi connectivity index (χ0v) is 12.9. The molecule has 114 valence electrons. The Morgan fingerprint density at radius 3 is 2.55 bits per heavy atom. The lowest BCUT2D eigenvalue weighted by atomic mass is 9.71. The van der Waals surface area contributed by atoms with Crippen LogP contribution in [0.15, 0.2) is 0 Å². The second-order valence-electron chi connectivity index (χ2n) is 7.36. The fraction of sp³-hybridized carbons (Fsp3) is 0.941. The molecule has 1 saturated carbocycles. The van der Waals surface area contributed by atoms with Crippen LogP contribution in [-0.4, -0.2) is 30.1 Å². The first-order chi connectivity index (χ1) is 9.64. The minimum Gasteiger partial charge on any atom is -0.375 e. The number of ketones is 1. The Balaban J connectivity index is 1.68. The molecule has 0 aromatic heterocycles. The minimum atomic E-state index is -0.268. The Kier molecular flexibility index (Phi) is 4.19. The molecule has 2 unspecified atom stereocenters. The lowest BCUT2D eigenvalue weighted by Crippen LogP contribution is -2.56. The summed E-state index contributed by atoms with van der Waals surface area (Å²) in [7, 11) is 0. The maximum Gasteiger partial charge on any atom is 0.155 e. The summed E-state index contributed by atoms with van der Waals surface area (Å²) < 4.78 is 6.13. The van der Waals surface area contributed by atoms with Crippen molar-refractivity contribution in [3.05, 3.63) is 0 Å². The topological polar surface area (TPSA) is 38.3 Å². The summed E-state index contributed by atoms with van der Waals surface area (Å²) in [5.74, 6) is 0.683. The van der Waals surface area contributed by atoms with Gasteiger partial charge >= 0.3 is 0 Å². The van der Waals surface area contributed by atoms with Crippen molar-refractivity contribution in [1.29, 1.82) is 0 Å². The summed E-state index contributed by atoms with van der Waals surface area (Å²) in [6.45, 7) is 3.90. The maximum absolute atomic E-state index is 13.0. The van der Waals surface area contributed by atoms with Crippen LogP contribution >= 0.6 is 0 Å². The van der Waals surface area contributed by atoms with Crippen molar-refractivity contribution >= 4 is 5.78 Å². The van der Waals surface area contributed by atoms with Gasteiger partial charge < -0.3 is 10.1 Å². The van der Waals surface area contributed by atoms with Crippen LogP contribution in [0.25, 0.3) is 0 Å². The number of Topliss-reactive ketones (excluding diaryl/α,β-unsaturated/α-hetero) is 1. The second-order valence-corrected chi connectivity index (χ2v) is 7.36. The molecule has 3 heteroatoms. The van der Waals surface area contributed by atoms with E-state index in [0.29, 0.717) is 5.78 Å². The van der Waals surface area contributed by atoms with Crippen molar-refractivity contribution in [3.8, 4) is 0 Å². The van der Waals surface area contributed by atoms with Gasteiger partial charge in [0, 0.05) is 12.5 Å². The van der Waals surface area contributed by atoms with Gasteiger partial charge in [0.05, 0.1) is 11.1 Å². The molecule has 0 aromatic carbocycles. The van der Waals surface area contributed by atoms with Crippen molar-refractivity contribution in [2.75, 3.05) is 13.2 Å². The Hall–Kier alpha value is -0.410. The van der Waals surface area contributed by atoms with Crippen molar-refractivity contribution in [2.45, 2.75) is 82.3 Å². The first-order valence-electron chi connectivity index (χ1n) is 8.57. The van der Waals surface area contributed by atoms with Gasteiger partial charge in [0.1, 0.15) is 0 Å². The summed E-state index contributed by atoms with van der Waals surface area (Å²) in [5.41, 5.74) is -0.224. The van der Waals surface area contributed by atoms with Crippen LogP contribution in [0.1, 0.15) is 71.1 Å². The molecule has 1 aliphatic carbocycles. The summed E-state index contributed by atoms with van der Waals surface area (Å²) in [6.07, 6.45) is 11.5. The van der Waals surface area contributed by atoms with Gasteiger partial charge in [-0.2, -0.15) is 0 Å². The number of hydrogen-bond acceptors (Lipinski definition) is 3. The lowest BCUT2D eigenvalue weighted by molar-refractivity contribution is -0.148. The summed E-state index contributed by atoms with van der Waals surface area (Å²) in [5, 5.41) is 3.49. The first kappa shape index (κ1) is 14.5. The predicted octanol–water partition coefficient (Wildman–Crippen LogP) is 3.22. The van der Waals surface area contributed by atoms with Gasteiger partial charge in [0.2, 0.25) is 0 Å². The zero-order chi connectivity index (χ0) is 14.1. The summed E-state index contributed by atoms with van der Waals surface area (Å²) in [4.78, 5) is 13.0. The lowest BCUT2D eigenvalue weighted by Gasteiger charge is -2.45.